The number of hydrogen-bond donors (Lipinski definition) is 2. The Morgan fingerprint density at radius 2 is 2.06 bits per heavy atom. The van der Waals surface area contributed by atoms with Crippen molar-refractivity contribution in [2.75, 3.05) is 13.3 Å². The average Bonchev–Trinajstić information content (AvgIpc) is 2.81. The van der Waals surface area contributed by atoms with E-state index < -0.39 is 0 Å². The van der Waals surface area contributed by atoms with E-state index in [-0.39, 0.29) is 12.1 Å². The van der Waals surface area contributed by atoms with Crippen LogP contribution in [0.1, 0.15) is 38.3 Å². The van der Waals surface area contributed by atoms with Gasteiger partial charge in [-0.1, -0.05) is 6.07 Å². The lowest BCUT2D eigenvalue weighted by molar-refractivity contribution is 0.174. The van der Waals surface area contributed by atoms with Gasteiger partial charge in [-0.15, -0.1) is 0 Å². The minimum atomic E-state index is -0.215. The van der Waals surface area contributed by atoms with Gasteiger partial charge in [-0.3, -0.25) is 0 Å². The quantitative estimate of drug-likeness (QED) is 0.761. The van der Waals surface area contributed by atoms with Crippen LogP contribution in [-0.2, 0) is 0 Å². The van der Waals surface area contributed by atoms with Gasteiger partial charge < -0.3 is 19.9 Å². The summed E-state index contributed by atoms with van der Waals surface area (Å²) in [6, 6.07) is 6.30. The third-order valence-corrected chi connectivity index (χ3v) is 3.15. The lowest BCUT2D eigenvalue weighted by atomic mass is 10.1. The lowest BCUT2D eigenvalue weighted by Crippen LogP contribution is -2.20. The summed E-state index contributed by atoms with van der Waals surface area (Å²) in [5.41, 5.74) is 1.19. The highest BCUT2D eigenvalue weighted by Crippen LogP contribution is 2.34. The third-order valence-electron chi connectivity index (χ3n) is 3.15. The van der Waals surface area contributed by atoms with Gasteiger partial charge in [0.1, 0.15) is 0 Å². The highest BCUT2D eigenvalue weighted by Gasteiger charge is 2.15. The molecule has 2 N–H and O–H groups in total. The number of aliphatic hydroxyl groups excluding tert-OH is 1. The Kier molecular flexibility index (Phi) is 4.44. The van der Waals surface area contributed by atoms with Gasteiger partial charge >= 0.3 is 0 Å². The third kappa shape index (κ3) is 3.37. The Balaban J connectivity index is 1.83. The fourth-order valence-corrected chi connectivity index (χ4v) is 2.02. The zero-order chi connectivity index (χ0) is 13.0. The number of benzene rings is 1. The van der Waals surface area contributed by atoms with Crippen LogP contribution in [0.15, 0.2) is 18.2 Å². The van der Waals surface area contributed by atoms with E-state index in [0.717, 1.165) is 30.9 Å². The second-order valence-electron chi connectivity index (χ2n) is 4.78. The molecule has 0 fully saturated rings. The van der Waals surface area contributed by atoms with Crippen LogP contribution in [0.2, 0.25) is 0 Å². The van der Waals surface area contributed by atoms with Crippen LogP contribution in [0.3, 0.4) is 0 Å². The molecule has 0 saturated heterocycles. The number of fused-ring (bicyclic) bond motifs is 1. The SMILES string of the molecule is CC(O)CCCNC(C)c1ccc2c(c1)OCO2. The van der Waals surface area contributed by atoms with Crippen molar-refractivity contribution in [2.24, 2.45) is 0 Å². The molecule has 0 saturated carbocycles. The number of nitrogens with one attached hydrogen (secondary N) is 1. The van der Waals surface area contributed by atoms with Gasteiger partial charge in [-0.2, -0.15) is 0 Å². The molecule has 2 rings (SSSR count). The first-order chi connectivity index (χ1) is 8.66. The Morgan fingerprint density at radius 3 is 2.83 bits per heavy atom. The van der Waals surface area contributed by atoms with Crippen molar-refractivity contribution in [3.05, 3.63) is 23.8 Å². The van der Waals surface area contributed by atoms with Crippen LogP contribution in [-0.4, -0.2) is 24.5 Å². The molecule has 0 spiro atoms. The number of rotatable bonds is 6. The summed E-state index contributed by atoms with van der Waals surface area (Å²) in [7, 11) is 0. The molecule has 0 amide bonds. The minimum absolute atomic E-state index is 0.215. The van der Waals surface area contributed by atoms with Crippen LogP contribution >= 0.6 is 0 Å². The molecule has 1 heterocycles. The van der Waals surface area contributed by atoms with Crippen molar-refractivity contribution < 1.29 is 14.6 Å². The predicted octanol–water partition coefficient (Wildman–Crippen LogP) is 2.23. The summed E-state index contributed by atoms with van der Waals surface area (Å²) in [6.07, 6.45) is 1.60. The topological polar surface area (TPSA) is 50.7 Å². The Morgan fingerprint density at radius 1 is 1.28 bits per heavy atom. The first kappa shape index (κ1) is 13.2. The molecular formula is C14H21NO3. The smallest absolute Gasteiger partial charge is 0.231 e. The van der Waals surface area contributed by atoms with E-state index in [4.69, 9.17) is 9.47 Å². The Bertz CT molecular complexity index is 393. The minimum Gasteiger partial charge on any atom is -0.454 e. The molecule has 4 nitrogen and oxygen atoms in total. The fraction of sp³-hybridized carbons (Fsp3) is 0.571. The maximum atomic E-state index is 9.18. The highest BCUT2D eigenvalue weighted by molar-refractivity contribution is 5.45. The largest absolute Gasteiger partial charge is 0.454 e. The maximum absolute atomic E-state index is 9.18. The number of ether oxygens (including phenoxy) is 2. The second kappa shape index (κ2) is 6.07. The zero-order valence-electron chi connectivity index (χ0n) is 11.0. The van der Waals surface area contributed by atoms with Crippen LogP contribution < -0.4 is 14.8 Å². The fourth-order valence-electron chi connectivity index (χ4n) is 2.02. The summed E-state index contributed by atoms with van der Waals surface area (Å²) in [4.78, 5) is 0. The summed E-state index contributed by atoms with van der Waals surface area (Å²) in [5, 5.41) is 12.6. The molecular weight excluding hydrogens is 230 g/mol. The molecule has 1 aliphatic rings. The molecule has 2 atom stereocenters. The summed E-state index contributed by atoms with van der Waals surface area (Å²) < 4.78 is 10.7. The van der Waals surface area contributed by atoms with E-state index in [1.54, 1.807) is 0 Å². The van der Waals surface area contributed by atoms with Gasteiger partial charge in [0.2, 0.25) is 6.79 Å². The molecule has 1 aliphatic heterocycles. The summed E-state index contributed by atoms with van der Waals surface area (Å²) >= 11 is 0. The highest BCUT2D eigenvalue weighted by atomic mass is 16.7. The van der Waals surface area contributed by atoms with E-state index >= 15 is 0 Å². The Labute approximate surface area is 108 Å². The number of aliphatic hydroxyl groups is 1. The van der Waals surface area contributed by atoms with E-state index in [9.17, 15) is 5.11 Å². The molecule has 2 unspecified atom stereocenters. The van der Waals surface area contributed by atoms with Crippen molar-refractivity contribution in [1.82, 2.24) is 5.32 Å². The number of hydrogen-bond acceptors (Lipinski definition) is 4. The van der Waals surface area contributed by atoms with Crippen LogP contribution in [0.5, 0.6) is 11.5 Å². The van der Waals surface area contributed by atoms with Gasteiger partial charge in [0.25, 0.3) is 0 Å². The van der Waals surface area contributed by atoms with Crippen molar-refractivity contribution in [1.29, 1.82) is 0 Å². The molecule has 100 valence electrons. The second-order valence-corrected chi connectivity index (χ2v) is 4.78. The van der Waals surface area contributed by atoms with Crippen molar-refractivity contribution >= 4 is 0 Å². The summed E-state index contributed by atoms with van der Waals surface area (Å²) in [5.74, 6) is 1.64. The molecule has 0 radical (unpaired) electrons. The predicted molar refractivity (Wildman–Crippen MR) is 69.9 cm³/mol. The normalized spacial score (nSPS) is 16.6. The average molecular weight is 251 g/mol. The van der Waals surface area contributed by atoms with E-state index in [2.05, 4.69) is 18.3 Å². The molecule has 0 bridgehead atoms. The Hall–Kier alpha value is -1.26. The van der Waals surface area contributed by atoms with Gasteiger partial charge in [0.05, 0.1) is 6.10 Å². The molecule has 1 aromatic rings. The monoisotopic (exact) mass is 251 g/mol. The van der Waals surface area contributed by atoms with Crippen molar-refractivity contribution in [3.63, 3.8) is 0 Å². The van der Waals surface area contributed by atoms with Crippen LogP contribution in [0.4, 0.5) is 0 Å². The standard InChI is InChI=1S/C14H21NO3/c1-10(16)4-3-7-15-11(2)12-5-6-13-14(8-12)18-9-17-13/h5-6,8,10-11,15-16H,3-4,7,9H2,1-2H3. The molecule has 0 aliphatic carbocycles. The summed E-state index contributed by atoms with van der Waals surface area (Å²) in [6.45, 7) is 5.16. The van der Waals surface area contributed by atoms with E-state index in [1.165, 1.54) is 5.56 Å². The maximum Gasteiger partial charge on any atom is 0.231 e. The zero-order valence-corrected chi connectivity index (χ0v) is 11.0. The van der Waals surface area contributed by atoms with E-state index in [0.29, 0.717) is 6.79 Å². The lowest BCUT2D eigenvalue weighted by Gasteiger charge is -2.15. The van der Waals surface area contributed by atoms with Crippen LogP contribution in [0, 0.1) is 0 Å². The van der Waals surface area contributed by atoms with Gasteiger partial charge in [-0.25, -0.2) is 0 Å². The van der Waals surface area contributed by atoms with E-state index in [1.807, 2.05) is 19.1 Å². The van der Waals surface area contributed by atoms with Crippen molar-refractivity contribution in [2.45, 2.75) is 38.8 Å². The van der Waals surface area contributed by atoms with Gasteiger partial charge in [-0.05, 0) is 50.9 Å². The van der Waals surface area contributed by atoms with Crippen molar-refractivity contribution in [3.8, 4) is 11.5 Å². The first-order valence-electron chi connectivity index (χ1n) is 6.48. The molecule has 1 aromatic carbocycles. The first-order valence-corrected chi connectivity index (χ1v) is 6.48. The molecule has 4 heteroatoms. The van der Waals surface area contributed by atoms with Gasteiger partial charge in [0.15, 0.2) is 11.5 Å². The molecule has 18 heavy (non-hydrogen) atoms. The van der Waals surface area contributed by atoms with Gasteiger partial charge in [0, 0.05) is 6.04 Å². The molecule has 0 aromatic heterocycles. The van der Waals surface area contributed by atoms with Crippen LogP contribution in [0.25, 0.3) is 0 Å².